The molecule has 0 saturated carbocycles. The zero-order valence-corrected chi connectivity index (χ0v) is 30.5. The molecule has 0 atom stereocenters. The molecule has 0 heterocycles. The van der Waals surface area contributed by atoms with Crippen LogP contribution in [0.1, 0.15) is 206 Å². The van der Waals surface area contributed by atoms with Gasteiger partial charge in [0.1, 0.15) is 0 Å². The first kappa shape index (κ1) is 46.0. The number of hydrogen-bond acceptors (Lipinski definition) is 2. The van der Waals surface area contributed by atoms with E-state index in [0.717, 1.165) is 44.9 Å². The fourth-order valence-electron chi connectivity index (χ4n) is 5.29. The third-order valence-corrected chi connectivity index (χ3v) is 8.21. The minimum Gasteiger partial charge on any atom is -0.481 e. The minimum atomic E-state index is -0.712. The van der Waals surface area contributed by atoms with Crippen molar-refractivity contribution in [2.45, 2.75) is 206 Å². The Morgan fingerprint density at radius 3 is 0.957 bits per heavy atom. The predicted octanol–water partition coefficient (Wildman–Crippen LogP) is 14.1. The Hall–Kier alpha value is -2.10. The molecule has 4 heteroatoms. The quantitative estimate of drug-likeness (QED) is 0.0540. The van der Waals surface area contributed by atoms with Crippen molar-refractivity contribution in [1.29, 1.82) is 0 Å². The molecule has 0 aromatic carbocycles. The third kappa shape index (κ3) is 48.8. The molecule has 0 aromatic rings. The van der Waals surface area contributed by atoms with Gasteiger partial charge in [-0.25, -0.2) is 0 Å². The summed E-state index contributed by atoms with van der Waals surface area (Å²) in [4.78, 5) is 20.7. The Bertz CT molecular complexity index is 734. The molecule has 0 spiro atoms. The van der Waals surface area contributed by atoms with Gasteiger partial charge in [-0.2, -0.15) is 0 Å². The summed E-state index contributed by atoms with van der Waals surface area (Å²) >= 11 is 0. The van der Waals surface area contributed by atoms with Crippen LogP contribution in [0.2, 0.25) is 0 Å². The number of rotatable bonds is 34. The fraction of sp³-hybridized carbons (Fsp3) is 0.762. The van der Waals surface area contributed by atoms with E-state index < -0.39 is 11.9 Å². The van der Waals surface area contributed by atoms with Gasteiger partial charge in [-0.15, -0.1) is 0 Å². The van der Waals surface area contributed by atoms with E-state index in [0.29, 0.717) is 6.42 Å². The van der Waals surface area contributed by atoms with Crippen LogP contribution in [-0.4, -0.2) is 22.2 Å². The first-order chi connectivity index (χ1) is 22.5. The maximum absolute atomic E-state index is 10.4. The highest BCUT2D eigenvalue weighted by Gasteiger charge is 1.97. The Morgan fingerprint density at radius 1 is 0.348 bits per heavy atom. The van der Waals surface area contributed by atoms with Crippen LogP contribution in [0.15, 0.2) is 48.6 Å². The van der Waals surface area contributed by atoms with E-state index in [1.807, 2.05) is 0 Å². The number of carboxylic acid groups (broad SMARTS) is 2. The lowest BCUT2D eigenvalue weighted by atomic mass is 10.0. The molecule has 0 aliphatic heterocycles. The van der Waals surface area contributed by atoms with E-state index in [-0.39, 0.29) is 6.42 Å². The predicted molar refractivity (Wildman–Crippen MR) is 202 cm³/mol. The molecule has 0 aliphatic rings. The average Bonchev–Trinajstić information content (AvgIpc) is 3.03. The van der Waals surface area contributed by atoms with Crippen LogP contribution in [0.25, 0.3) is 0 Å². The van der Waals surface area contributed by atoms with Crippen molar-refractivity contribution >= 4 is 11.9 Å². The number of carboxylic acids is 2. The molecule has 0 aliphatic carbocycles. The van der Waals surface area contributed by atoms with E-state index in [1.54, 1.807) is 0 Å². The zero-order chi connectivity index (χ0) is 34.0. The molecule has 4 nitrogen and oxygen atoms in total. The Morgan fingerprint density at radius 2 is 0.609 bits per heavy atom. The summed E-state index contributed by atoms with van der Waals surface area (Å²) in [6.45, 7) is 4.51. The lowest BCUT2D eigenvalue weighted by molar-refractivity contribution is -0.138. The number of aliphatic carboxylic acids is 2. The fourth-order valence-corrected chi connectivity index (χ4v) is 5.29. The van der Waals surface area contributed by atoms with Gasteiger partial charge in [-0.05, 0) is 51.4 Å². The summed E-state index contributed by atoms with van der Waals surface area (Å²) in [5, 5.41) is 17.1. The topological polar surface area (TPSA) is 74.6 Å². The molecule has 0 fully saturated rings. The van der Waals surface area contributed by atoms with Gasteiger partial charge in [0, 0.05) is 12.8 Å². The largest absolute Gasteiger partial charge is 0.481 e. The van der Waals surface area contributed by atoms with Crippen LogP contribution in [0.5, 0.6) is 0 Å². The van der Waals surface area contributed by atoms with Crippen LogP contribution in [-0.2, 0) is 9.59 Å². The highest BCUT2D eigenvalue weighted by atomic mass is 16.4. The van der Waals surface area contributed by atoms with Gasteiger partial charge in [0.25, 0.3) is 0 Å². The van der Waals surface area contributed by atoms with Crippen LogP contribution < -0.4 is 0 Å². The van der Waals surface area contributed by atoms with Gasteiger partial charge in [0.05, 0.1) is 0 Å². The van der Waals surface area contributed by atoms with Gasteiger partial charge in [-0.3, -0.25) is 9.59 Å². The van der Waals surface area contributed by atoms with E-state index in [9.17, 15) is 9.59 Å². The molecule has 0 amide bonds. The second kappa shape index (κ2) is 42.9. The number of unbranched alkanes of at least 4 members (excludes halogenated alkanes) is 22. The van der Waals surface area contributed by atoms with E-state index in [1.165, 1.54) is 135 Å². The Balaban J connectivity index is 0. The summed E-state index contributed by atoms with van der Waals surface area (Å²) in [6.07, 6.45) is 53.4. The second-order valence-corrected chi connectivity index (χ2v) is 12.9. The highest BCUT2D eigenvalue weighted by molar-refractivity contribution is 5.66. The maximum Gasteiger partial charge on any atom is 0.303 e. The third-order valence-electron chi connectivity index (χ3n) is 8.21. The van der Waals surface area contributed by atoms with Gasteiger partial charge in [0.2, 0.25) is 0 Å². The van der Waals surface area contributed by atoms with Crippen molar-refractivity contribution in [3.63, 3.8) is 0 Å². The zero-order valence-electron chi connectivity index (χ0n) is 30.5. The van der Waals surface area contributed by atoms with Gasteiger partial charge < -0.3 is 10.2 Å². The summed E-state index contributed by atoms with van der Waals surface area (Å²) in [5.41, 5.74) is 0. The van der Waals surface area contributed by atoms with Crippen LogP contribution in [0.4, 0.5) is 0 Å². The van der Waals surface area contributed by atoms with Crippen molar-refractivity contribution in [3.8, 4) is 0 Å². The summed E-state index contributed by atoms with van der Waals surface area (Å²) < 4.78 is 0. The molecule has 0 radical (unpaired) electrons. The molecule has 2 N–H and O–H groups in total. The molecule has 0 saturated heterocycles. The van der Waals surface area contributed by atoms with Crippen molar-refractivity contribution in [2.24, 2.45) is 0 Å². The maximum atomic E-state index is 10.4. The lowest BCUT2D eigenvalue weighted by Crippen LogP contribution is -1.93. The smallest absolute Gasteiger partial charge is 0.303 e. The van der Waals surface area contributed by atoms with Crippen LogP contribution in [0, 0.1) is 0 Å². The van der Waals surface area contributed by atoms with E-state index in [4.69, 9.17) is 10.2 Å². The molecule has 0 aromatic heterocycles. The van der Waals surface area contributed by atoms with E-state index in [2.05, 4.69) is 62.5 Å². The van der Waals surface area contributed by atoms with Crippen LogP contribution in [0.3, 0.4) is 0 Å². The lowest BCUT2D eigenvalue weighted by Gasteiger charge is -2.03. The minimum absolute atomic E-state index is 0.262. The monoisotopic (exact) mass is 645 g/mol. The Kier molecular flexibility index (Phi) is 42.9. The molecule has 46 heavy (non-hydrogen) atoms. The van der Waals surface area contributed by atoms with Gasteiger partial charge in [-0.1, -0.05) is 191 Å². The van der Waals surface area contributed by atoms with Crippen LogP contribution >= 0.6 is 0 Å². The molecule has 0 unspecified atom stereocenters. The van der Waals surface area contributed by atoms with Crippen molar-refractivity contribution < 1.29 is 19.8 Å². The summed E-state index contributed by atoms with van der Waals surface area (Å²) in [7, 11) is 0. The SMILES string of the molecule is CCCCC/C=C\C/C=C\C/C=C\C/C=C\CCCC(=O)O.CCCCCCCCCCCCCCCCCCCCCC(=O)O. The average molecular weight is 645 g/mol. The normalized spacial score (nSPS) is 11.7. The molecular weight excluding hydrogens is 568 g/mol. The second-order valence-electron chi connectivity index (χ2n) is 12.9. The number of allylic oxidation sites excluding steroid dienone is 8. The number of carbonyl (C=O) groups is 2. The standard InChI is InChI=1S/C22H44O2.C20H32O2/c1-2-3-4-5-6-7-8-9-10-11-12-13-14-15-16-17-18-19-20-21-22(23)24;1-2-3-4-5-6-7-8-9-10-11-12-13-14-15-16-17-18-19-20(21)22/h2-21H2,1H3,(H,23,24);6-7,9-10,12-13,15-16H,2-5,8,11,14,17-19H2,1H3,(H,21,22)/b;7-6-,10-9-,13-12-,16-15-. The van der Waals surface area contributed by atoms with Crippen molar-refractivity contribution in [1.82, 2.24) is 0 Å². The highest BCUT2D eigenvalue weighted by Crippen LogP contribution is 2.15. The molecule has 268 valence electrons. The summed E-state index contributed by atoms with van der Waals surface area (Å²) in [5.74, 6) is -1.36. The Labute approximate surface area is 286 Å². The van der Waals surface area contributed by atoms with Gasteiger partial charge in [0.15, 0.2) is 0 Å². The number of hydrogen-bond donors (Lipinski definition) is 2. The van der Waals surface area contributed by atoms with Crippen molar-refractivity contribution in [3.05, 3.63) is 48.6 Å². The molecular formula is C42H76O4. The molecule has 0 rings (SSSR count). The van der Waals surface area contributed by atoms with Crippen molar-refractivity contribution in [2.75, 3.05) is 0 Å². The molecule has 0 bridgehead atoms. The van der Waals surface area contributed by atoms with E-state index >= 15 is 0 Å². The summed E-state index contributed by atoms with van der Waals surface area (Å²) in [6, 6.07) is 0. The first-order valence-electron chi connectivity index (χ1n) is 19.6. The first-order valence-corrected chi connectivity index (χ1v) is 19.6. The van der Waals surface area contributed by atoms with Gasteiger partial charge >= 0.3 is 11.9 Å².